The van der Waals surface area contributed by atoms with Gasteiger partial charge < -0.3 is 25.3 Å². The fourth-order valence-electron chi connectivity index (χ4n) is 13.5. The number of halogens is 2. The first-order valence-corrected chi connectivity index (χ1v) is 21.4. The SMILES string of the molecule is [2H]C1=C2C([2H])([2H])C[C@H]3[C@@H]4C[C@@H](C)[C@](O)(C(=O)C([2H])([2H])OP(=O)(O)OC([2H])([2H])C(=O)[C@@]5(O)[C@H](C)C[C@H]6[C@@H]7CC([2H])([2H])C8=C([2H])C(=O)C=C[C@]8(C)[C@@]7(F)[C@@H](O)C[C@@]65C)[C@@]4(C)C[C@H](O)[C@]3(F)[C@@]2(C)C=CC1=O. The summed E-state index contributed by atoms with van der Waals surface area (Å²) in [7, 11) is -6.39. The van der Waals surface area contributed by atoms with Gasteiger partial charge in [0.2, 0.25) is 0 Å². The zero-order valence-electron chi connectivity index (χ0n) is 43.5. The molecule has 0 amide bonds. The van der Waals surface area contributed by atoms with E-state index in [4.69, 9.17) is 13.7 Å². The summed E-state index contributed by atoms with van der Waals surface area (Å²) in [5.74, 6) is -13.9. The summed E-state index contributed by atoms with van der Waals surface area (Å²) >= 11 is 0. The van der Waals surface area contributed by atoms with Crippen molar-refractivity contribution in [1.82, 2.24) is 0 Å². The Hall–Kier alpha value is -2.55. The standard InChI is InChI=1S/C44H57F2O12P/c1-23-15-31-29-9-7-25-17-27(47)11-13-37(25,3)41(29,45)33(49)19-39(31,5)43(23,53)35(51)21-57-59(55,56)58-22-36(52)44(54)24(2)16-32-30-10-8-26-18-28(48)12-14-38(26,4)42(30,46)34(50)20-40(32,44)6/h11-14,17-18,23-24,29-34,49-50,53-54H,7-10,15-16,19-22H2,1-6H3,(H,55,56)/t23-,24-,29+,30+,31+,32+,33+,34+,37+,38+,39+,40+,41+,42+,43+,44+/m1/s1/i7D2,8D2,17D,18D,21D2,22D2. The number of allylic oxidation sites excluding steroid dienone is 8. The molecule has 0 aromatic heterocycles. The van der Waals surface area contributed by atoms with Gasteiger partial charge >= 0.3 is 7.82 Å². The Morgan fingerprint density at radius 2 is 1.14 bits per heavy atom. The topological polar surface area (TPSA) is 205 Å². The van der Waals surface area contributed by atoms with Crippen LogP contribution in [0.1, 0.15) is 107 Å². The Labute approximate surface area is 356 Å². The number of rotatable bonds is 8. The van der Waals surface area contributed by atoms with Gasteiger partial charge in [0.05, 0.1) is 20.4 Å². The fourth-order valence-corrected chi connectivity index (χ4v) is 13.9. The van der Waals surface area contributed by atoms with Crippen molar-refractivity contribution >= 4 is 31.0 Å². The van der Waals surface area contributed by atoms with Crippen LogP contribution in [-0.2, 0) is 32.8 Å². The van der Waals surface area contributed by atoms with E-state index in [-0.39, 0.29) is 12.8 Å². The van der Waals surface area contributed by atoms with Crippen molar-refractivity contribution in [2.24, 2.45) is 57.2 Å². The quantitative estimate of drug-likeness (QED) is 0.206. The van der Waals surface area contributed by atoms with Crippen molar-refractivity contribution in [3.8, 4) is 0 Å². The second kappa shape index (κ2) is 13.2. The first-order chi connectivity index (χ1) is 31.0. The molecular weight excluding hydrogens is 789 g/mol. The molecule has 5 N–H and O–H groups in total. The highest BCUT2D eigenvalue weighted by molar-refractivity contribution is 7.47. The maximum absolute atomic E-state index is 18.0. The van der Waals surface area contributed by atoms with E-state index in [1.165, 1.54) is 41.5 Å². The van der Waals surface area contributed by atoms with Crippen molar-refractivity contribution < 1.29 is 80.6 Å². The molecule has 59 heavy (non-hydrogen) atoms. The van der Waals surface area contributed by atoms with E-state index in [2.05, 4.69) is 9.05 Å². The lowest BCUT2D eigenvalue weighted by Crippen LogP contribution is -2.69. The van der Waals surface area contributed by atoms with Crippen molar-refractivity contribution in [1.29, 1.82) is 0 Å². The first kappa shape index (κ1) is 32.2. The number of phosphoric ester groups is 1. The number of carbonyl (C=O) groups is 4. The number of phosphoric acid groups is 1. The molecule has 8 aliphatic carbocycles. The third-order valence-corrected chi connectivity index (χ3v) is 17.4. The summed E-state index contributed by atoms with van der Waals surface area (Å²) in [6, 6.07) is -1.58. The number of hydrogen-bond acceptors (Lipinski definition) is 11. The van der Waals surface area contributed by atoms with Gasteiger partial charge in [0.15, 0.2) is 34.5 Å². The van der Waals surface area contributed by atoms with E-state index in [9.17, 15) is 49.1 Å². The molecule has 6 fully saturated rings. The van der Waals surface area contributed by atoms with Gasteiger partial charge in [-0.05, 0) is 113 Å². The molecule has 6 saturated carbocycles. The summed E-state index contributed by atoms with van der Waals surface area (Å²) in [6.07, 6.45) is -9.05. The molecule has 0 aliphatic heterocycles. The Kier molecular flexibility index (Phi) is 7.22. The lowest BCUT2D eigenvalue weighted by Gasteiger charge is -2.62. The molecule has 16 atom stereocenters. The van der Waals surface area contributed by atoms with E-state index in [1.807, 2.05) is 0 Å². The van der Waals surface area contributed by atoms with Crippen LogP contribution in [0.3, 0.4) is 0 Å². The van der Waals surface area contributed by atoms with E-state index in [0.717, 1.165) is 24.3 Å². The fraction of sp³-hybridized carbons (Fsp3) is 0.727. The molecule has 8 aliphatic rings. The van der Waals surface area contributed by atoms with E-state index < -0.39 is 198 Å². The number of ketones is 4. The Bertz CT molecular complexity index is 2390. The third-order valence-electron chi connectivity index (χ3n) is 16.7. The van der Waals surface area contributed by atoms with Crippen LogP contribution in [0.5, 0.6) is 0 Å². The molecule has 0 spiro atoms. The second-order valence-electron chi connectivity index (χ2n) is 19.1. The summed E-state index contributed by atoms with van der Waals surface area (Å²) < 4.78 is 146. The van der Waals surface area contributed by atoms with Gasteiger partial charge in [-0.15, -0.1) is 0 Å². The molecular formula is C44H57F2O12P. The number of hydrogen-bond donors (Lipinski definition) is 5. The molecule has 12 nitrogen and oxygen atoms in total. The summed E-state index contributed by atoms with van der Waals surface area (Å²) in [4.78, 5) is 64.9. The summed E-state index contributed by atoms with van der Waals surface area (Å²) in [5, 5.41) is 48.4. The van der Waals surface area contributed by atoms with Crippen LogP contribution in [0.25, 0.3) is 0 Å². The van der Waals surface area contributed by atoms with Gasteiger partial charge in [-0.3, -0.25) is 28.2 Å². The second-order valence-corrected chi connectivity index (χ2v) is 20.4. The predicted molar refractivity (Wildman–Crippen MR) is 207 cm³/mol. The van der Waals surface area contributed by atoms with Crippen molar-refractivity contribution in [2.45, 2.75) is 128 Å². The van der Waals surface area contributed by atoms with Crippen LogP contribution in [0.2, 0.25) is 0 Å². The highest BCUT2D eigenvalue weighted by Gasteiger charge is 2.77. The maximum atomic E-state index is 18.0. The molecule has 0 heterocycles. The lowest BCUT2D eigenvalue weighted by atomic mass is 9.44. The zero-order valence-corrected chi connectivity index (χ0v) is 34.4. The van der Waals surface area contributed by atoms with Crippen LogP contribution in [0, 0.1) is 57.2 Å². The number of fused-ring (bicyclic) bond motifs is 10. The van der Waals surface area contributed by atoms with Crippen LogP contribution < -0.4 is 0 Å². The summed E-state index contributed by atoms with van der Waals surface area (Å²) in [6.45, 7) is -0.757. The van der Waals surface area contributed by atoms with Crippen LogP contribution in [0.4, 0.5) is 8.78 Å². The van der Waals surface area contributed by atoms with Crippen LogP contribution in [0.15, 0.2) is 47.6 Å². The van der Waals surface area contributed by atoms with Gasteiger partial charge in [-0.25, -0.2) is 13.3 Å². The summed E-state index contributed by atoms with van der Waals surface area (Å²) in [5.41, 5.74) is -20.8. The Morgan fingerprint density at radius 1 is 0.780 bits per heavy atom. The Morgan fingerprint density at radius 3 is 1.49 bits per heavy atom. The minimum atomic E-state index is -6.39. The van der Waals surface area contributed by atoms with E-state index >= 15 is 8.78 Å². The largest absolute Gasteiger partial charge is 0.473 e. The average molecular weight is 857 g/mol. The molecule has 324 valence electrons. The molecule has 8 rings (SSSR count). The van der Waals surface area contributed by atoms with Crippen molar-refractivity contribution in [3.63, 3.8) is 0 Å². The van der Waals surface area contributed by atoms with Gasteiger partial charge in [-0.1, -0.05) is 51.0 Å². The number of aliphatic hydroxyl groups is 4. The molecule has 0 bridgehead atoms. The zero-order chi connectivity index (χ0) is 52.2. The van der Waals surface area contributed by atoms with Gasteiger partial charge in [0, 0.05) is 39.0 Å². The highest BCUT2D eigenvalue weighted by atomic mass is 31.2. The number of aliphatic hydroxyl groups excluding tert-OH is 2. The molecule has 15 heteroatoms. The van der Waals surface area contributed by atoms with Crippen LogP contribution >= 0.6 is 7.82 Å². The van der Waals surface area contributed by atoms with E-state index in [0.29, 0.717) is 0 Å². The molecule has 0 aromatic carbocycles. The monoisotopic (exact) mass is 856 g/mol. The minimum absolute atomic E-state index is 0.303. The number of alkyl halides is 2. The average Bonchev–Trinajstić information content (AvgIpc) is 3.53. The van der Waals surface area contributed by atoms with Crippen molar-refractivity contribution in [2.75, 3.05) is 13.1 Å². The van der Waals surface area contributed by atoms with Crippen molar-refractivity contribution in [3.05, 3.63) is 47.6 Å². The molecule has 0 saturated heterocycles. The normalized spacial score (nSPS) is 56.1. The minimum Gasteiger partial charge on any atom is -0.390 e. The van der Waals surface area contributed by atoms with Gasteiger partial charge in [0.25, 0.3) is 0 Å². The molecule has 0 radical (unpaired) electrons. The molecule has 0 unspecified atom stereocenters. The Balaban J connectivity index is 1.06. The lowest BCUT2D eigenvalue weighted by molar-refractivity contribution is -0.219. The third kappa shape index (κ3) is 5.27. The number of Topliss-reactive ketones (excluding diaryl/α,β-unsaturated/α-hetero) is 2. The smallest absolute Gasteiger partial charge is 0.390 e. The predicted octanol–water partition coefficient (Wildman–Crippen LogP) is 4.95. The highest BCUT2D eigenvalue weighted by Crippen LogP contribution is 2.72. The number of carbonyl (C=O) groups excluding carboxylic acids is 4. The molecule has 0 aromatic rings. The van der Waals surface area contributed by atoms with Crippen LogP contribution in [-0.4, -0.2) is 96.3 Å². The van der Waals surface area contributed by atoms with E-state index in [1.54, 1.807) is 0 Å². The maximum Gasteiger partial charge on any atom is 0.473 e. The van der Waals surface area contributed by atoms with Gasteiger partial charge in [-0.2, -0.15) is 0 Å². The van der Waals surface area contributed by atoms with Gasteiger partial charge in [0.1, 0.15) is 24.3 Å². The first-order valence-electron chi connectivity index (χ1n) is 24.9.